The van der Waals surface area contributed by atoms with Crippen molar-refractivity contribution in [1.82, 2.24) is 5.32 Å². The highest BCUT2D eigenvalue weighted by Crippen LogP contribution is 2.49. The fourth-order valence-electron chi connectivity index (χ4n) is 8.55. The second-order valence-corrected chi connectivity index (χ2v) is 17.8. The number of hydrogen-bond acceptors (Lipinski definition) is 14. The molecular weight excluding hydrogens is 861 g/mol. The molecule has 0 aromatic heterocycles. The van der Waals surface area contributed by atoms with Crippen LogP contribution in [0.1, 0.15) is 107 Å². The van der Waals surface area contributed by atoms with Gasteiger partial charge in [-0.2, -0.15) is 0 Å². The zero-order valence-electron chi connectivity index (χ0n) is 39.5. The standard InChI is InChI=1S/C52H58N2O13/c1-25-15-19-34(20-16-25)51(62)66-47-32(8)48-39-37-38(47)45(59)41(40(44(37)58)53-35-21-17-26(2)18-22-35)54-50(61)28(4)14-12-13-27(3)42(56)30(6)43(57)31(7)46(65-33(9)55)29(5)36(63-11)23-24-64-52(10,67-48)49(39)60/h12-24,27,29-31,36,42-43,46,53,56-57H,1-11H3,(H,54,61)/b13-12+,24-23+,28-14-/t27-,29+,30+,31-,36-,42-,43-,46+,52-/m0/s1. The highest BCUT2D eigenvalue weighted by atomic mass is 16.7. The smallest absolute Gasteiger partial charge is 0.343 e. The Morgan fingerprint density at radius 3 is 2.03 bits per heavy atom. The molecule has 0 saturated carbocycles. The second kappa shape index (κ2) is 20.0. The average Bonchev–Trinajstić information content (AvgIpc) is 3.56. The number of aliphatic hydroxyl groups is 2. The summed E-state index contributed by atoms with van der Waals surface area (Å²) in [5.41, 5.74) is 0.274. The predicted molar refractivity (Wildman–Crippen MR) is 247 cm³/mol. The summed E-state index contributed by atoms with van der Waals surface area (Å²) in [6, 6.07) is 13.4. The van der Waals surface area contributed by atoms with Crippen LogP contribution in [0, 0.1) is 44.4 Å². The number of esters is 2. The van der Waals surface area contributed by atoms with Gasteiger partial charge in [-0.25, -0.2) is 4.79 Å². The number of aliphatic hydroxyl groups excluding tert-OH is 2. The summed E-state index contributed by atoms with van der Waals surface area (Å²) in [5, 5.41) is 28.7. The molecule has 0 fully saturated rings. The Morgan fingerprint density at radius 2 is 1.42 bits per heavy atom. The highest BCUT2D eigenvalue weighted by molar-refractivity contribution is 6.33. The van der Waals surface area contributed by atoms with Crippen LogP contribution < -0.4 is 20.1 Å². The van der Waals surface area contributed by atoms with E-state index >= 15 is 9.59 Å². The summed E-state index contributed by atoms with van der Waals surface area (Å²) in [6.07, 6.45) is 3.22. The van der Waals surface area contributed by atoms with Crippen LogP contribution in [0.4, 0.5) is 5.69 Å². The van der Waals surface area contributed by atoms with Crippen LogP contribution in [0.15, 0.2) is 96.1 Å². The minimum absolute atomic E-state index is 0.0121. The molecular formula is C52H58N2O13. The Balaban J connectivity index is 1.57. The molecule has 67 heavy (non-hydrogen) atoms. The molecule has 1 amide bonds. The van der Waals surface area contributed by atoms with Crippen molar-refractivity contribution in [2.24, 2.45) is 23.7 Å². The fraction of sp³-hybridized carbons (Fsp3) is 0.385. The van der Waals surface area contributed by atoms with Gasteiger partial charge in [-0.3, -0.25) is 24.0 Å². The van der Waals surface area contributed by atoms with E-state index in [-0.39, 0.29) is 39.5 Å². The molecule has 15 nitrogen and oxygen atoms in total. The van der Waals surface area contributed by atoms with E-state index in [0.717, 1.165) is 11.1 Å². The number of amides is 1. The summed E-state index contributed by atoms with van der Waals surface area (Å²) >= 11 is 0. The number of aryl methyl sites for hydroxylation is 2. The number of carbonyl (C=O) groups excluding carboxylic acids is 6. The van der Waals surface area contributed by atoms with Crippen LogP contribution in [0.2, 0.25) is 0 Å². The lowest BCUT2D eigenvalue weighted by atomic mass is 9.78. The van der Waals surface area contributed by atoms with Gasteiger partial charge in [0.05, 0.1) is 46.8 Å². The lowest BCUT2D eigenvalue weighted by Gasteiger charge is -2.38. The van der Waals surface area contributed by atoms with E-state index in [1.165, 1.54) is 65.4 Å². The maximum atomic E-state index is 15.2. The first-order valence-corrected chi connectivity index (χ1v) is 22.1. The van der Waals surface area contributed by atoms with Crippen molar-refractivity contribution in [2.75, 3.05) is 12.4 Å². The second-order valence-electron chi connectivity index (χ2n) is 17.8. The molecule has 0 spiro atoms. The summed E-state index contributed by atoms with van der Waals surface area (Å²) < 4.78 is 29.9. The van der Waals surface area contributed by atoms with Crippen molar-refractivity contribution < 1.29 is 62.7 Å². The van der Waals surface area contributed by atoms with Gasteiger partial charge >= 0.3 is 17.7 Å². The zero-order chi connectivity index (χ0) is 49.2. The summed E-state index contributed by atoms with van der Waals surface area (Å²) in [5.74, 6) is -10.4. The van der Waals surface area contributed by atoms with Crippen LogP contribution in [-0.2, 0) is 23.8 Å². The molecule has 9 atom stereocenters. The van der Waals surface area contributed by atoms with Gasteiger partial charge in [0.15, 0.2) is 0 Å². The first-order valence-electron chi connectivity index (χ1n) is 22.1. The minimum Gasteiger partial charge on any atom is -0.462 e. The Hall–Kier alpha value is -6.68. The number of Topliss-reactive ketones (excluding diaryl/α,β-unsaturated/α-hetero) is 3. The molecule has 1 aliphatic carbocycles. The lowest BCUT2D eigenvalue weighted by molar-refractivity contribution is -0.160. The van der Waals surface area contributed by atoms with Gasteiger partial charge in [-0.15, -0.1) is 0 Å². The number of methoxy groups -OCH3 is 1. The van der Waals surface area contributed by atoms with Crippen molar-refractivity contribution >= 4 is 40.9 Å². The third-order valence-corrected chi connectivity index (χ3v) is 12.7. The number of allylic oxidation sites excluding steroid dienone is 4. The average molecular weight is 919 g/mol. The first-order chi connectivity index (χ1) is 31.6. The summed E-state index contributed by atoms with van der Waals surface area (Å²) in [7, 11) is 1.42. The minimum atomic E-state index is -2.17. The number of ether oxygens (including phenoxy) is 5. The van der Waals surface area contributed by atoms with Crippen molar-refractivity contribution in [1.29, 1.82) is 0 Å². The normalized spacial score (nSPS) is 28.6. The fourth-order valence-corrected chi connectivity index (χ4v) is 8.55. The quantitative estimate of drug-likeness (QED) is 0.142. The molecule has 7 rings (SSSR count). The van der Waals surface area contributed by atoms with Gasteiger partial charge in [0, 0.05) is 61.5 Å². The SMILES string of the molecule is CO[C@H]1/C=C/O[C@@]2(C)Oc3c(C)c(OC(=O)c4ccc(C)cc4)c4c(c3C2=O)C(=O)C(Nc2ccc(C)cc2)=C(NC(=O)/C(C)=C\C=C\[C@H](C)[C@H](O)[C@@H](C)[C@H](O)[C@H](C)[C@H](OC(C)=O)[C@@H]1C)C4=O. The maximum absolute atomic E-state index is 15.2. The van der Waals surface area contributed by atoms with Gasteiger partial charge in [0.1, 0.15) is 29.0 Å². The molecule has 3 aromatic carbocycles. The van der Waals surface area contributed by atoms with Gasteiger partial charge in [-0.05, 0) is 58.0 Å². The molecule has 354 valence electrons. The Morgan fingerprint density at radius 1 is 0.791 bits per heavy atom. The number of nitrogens with one attached hydrogen (secondary N) is 2. The van der Waals surface area contributed by atoms with E-state index in [2.05, 4.69) is 10.6 Å². The van der Waals surface area contributed by atoms with Crippen LogP contribution in [0.5, 0.6) is 11.5 Å². The topological polar surface area (TPSA) is 213 Å². The van der Waals surface area contributed by atoms with Crippen molar-refractivity contribution in [3.63, 3.8) is 0 Å². The van der Waals surface area contributed by atoms with E-state index in [1.807, 2.05) is 13.8 Å². The Kier molecular flexibility index (Phi) is 14.9. The Bertz CT molecular complexity index is 2610. The molecule has 0 radical (unpaired) electrons. The van der Waals surface area contributed by atoms with E-state index in [1.54, 1.807) is 76.2 Å². The lowest BCUT2D eigenvalue weighted by Crippen LogP contribution is -2.46. The van der Waals surface area contributed by atoms with Crippen molar-refractivity contribution in [3.8, 4) is 11.5 Å². The van der Waals surface area contributed by atoms with E-state index in [4.69, 9.17) is 23.7 Å². The van der Waals surface area contributed by atoms with Gasteiger partial charge < -0.3 is 44.5 Å². The number of anilines is 1. The molecule has 4 N–H and O–H groups in total. The van der Waals surface area contributed by atoms with Crippen LogP contribution in [0.3, 0.4) is 0 Å². The van der Waals surface area contributed by atoms with Crippen molar-refractivity contribution in [3.05, 3.63) is 135 Å². The Labute approximate surface area is 389 Å². The summed E-state index contributed by atoms with van der Waals surface area (Å²) in [6.45, 7) is 16.1. The number of carbonyl (C=O) groups is 6. The van der Waals surface area contributed by atoms with Crippen molar-refractivity contribution in [2.45, 2.75) is 99.4 Å². The van der Waals surface area contributed by atoms with Crippen LogP contribution >= 0.6 is 0 Å². The van der Waals surface area contributed by atoms with E-state index < -0.39 is 106 Å². The van der Waals surface area contributed by atoms with E-state index in [9.17, 15) is 29.4 Å². The molecule has 3 aliphatic heterocycles. The third kappa shape index (κ3) is 10.0. The zero-order valence-corrected chi connectivity index (χ0v) is 39.5. The number of benzene rings is 3. The van der Waals surface area contributed by atoms with Gasteiger partial charge in [-0.1, -0.05) is 81.3 Å². The maximum Gasteiger partial charge on any atom is 0.343 e. The monoisotopic (exact) mass is 918 g/mol. The predicted octanol–water partition coefficient (Wildman–Crippen LogP) is 7.20. The van der Waals surface area contributed by atoms with Crippen LogP contribution in [-0.4, -0.2) is 82.7 Å². The molecule has 0 saturated heterocycles. The highest BCUT2D eigenvalue weighted by Gasteiger charge is 2.53. The largest absolute Gasteiger partial charge is 0.462 e. The van der Waals surface area contributed by atoms with Gasteiger partial charge in [0.25, 0.3) is 11.7 Å². The number of ketones is 3. The van der Waals surface area contributed by atoms with E-state index in [0.29, 0.717) is 5.69 Å². The molecule has 3 aromatic rings. The molecule has 0 unspecified atom stereocenters. The molecule has 5 bridgehead atoms. The molecule has 4 aliphatic rings. The first kappa shape index (κ1) is 49.7. The third-order valence-electron chi connectivity index (χ3n) is 12.7. The molecule has 3 heterocycles. The van der Waals surface area contributed by atoms with Gasteiger partial charge in [0.2, 0.25) is 11.6 Å². The van der Waals surface area contributed by atoms with Crippen LogP contribution in [0.25, 0.3) is 0 Å². The number of fused-ring (bicyclic) bond motifs is 14. The summed E-state index contributed by atoms with van der Waals surface area (Å²) in [4.78, 5) is 85.5. The number of hydrogen-bond donors (Lipinski definition) is 4. The number of rotatable bonds is 6. The molecule has 15 heteroatoms.